The van der Waals surface area contributed by atoms with E-state index in [1.807, 2.05) is 13.8 Å². The minimum Gasteiger partial charge on any atom is -0.356 e. The third-order valence-corrected chi connectivity index (χ3v) is 1.42. The monoisotopic (exact) mass is 168 g/mol. The Morgan fingerprint density at radius 1 is 1.11 bits per heavy atom. The predicted octanol–water partition coefficient (Wildman–Crippen LogP) is 1.77. The average Bonchev–Trinajstić information content (AvgIpc) is 2.23. The van der Waals surface area contributed by atoms with Crippen LogP contribution >= 0.6 is 23.2 Å². The van der Waals surface area contributed by atoms with E-state index in [0.717, 1.165) is 0 Å². The van der Waals surface area contributed by atoms with Crippen LogP contribution in [0, 0.1) is 0 Å². The smallest absolute Gasteiger partial charge is 0.139 e. The van der Waals surface area contributed by atoms with Gasteiger partial charge in [0.25, 0.3) is 0 Å². The fraction of sp³-hybridized carbons (Fsp3) is 0.600. The molecular weight excluding hydrogens is 159 g/mol. The zero-order valence-electron chi connectivity index (χ0n) is 5.46. The van der Waals surface area contributed by atoms with E-state index in [-0.39, 0.29) is 0 Å². The first kappa shape index (κ1) is 8.92. The van der Waals surface area contributed by atoms with Crippen LogP contribution in [0.4, 0.5) is 0 Å². The van der Waals surface area contributed by atoms with E-state index in [0.29, 0.717) is 17.0 Å². The molecule has 2 N–H and O–H groups in total. The zero-order valence-corrected chi connectivity index (χ0v) is 6.97. The molecule has 0 bridgehead atoms. The number of hydrogen-bond acceptors (Lipinski definition) is 2. The fourth-order valence-electron chi connectivity index (χ4n) is 0.355. The fourth-order valence-corrected chi connectivity index (χ4v) is 0.622. The van der Waals surface area contributed by atoms with E-state index in [4.69, 9.17) is 23.2 Å². The molecule has 0 spiro atoms. The van der Waals surface area contributed by atoms with Gasteiger partial charge in [0, 0.05) is 0 Å². The largest absolute Gasteiger partial charge is 0.356 e. The second-order valence-corrected chi connectivity index (χ2v) is 1.91. The van der Waals surface area contributed by atoms with Crippen LogP contribution in [0.5, 0.6) is 0 Å². The average molecular weight is 169 g/mol. The standard InChI is InChI=1S/C3H4Cl2N2.C2H6/c4-2-3(5)7-1-6-2;1-2/h6-7H,1H2;1-2H3. The van der Waals surface area contributed by atoms with Crippen LogP contribution in [0.3, 0.4) is 0 Å². The summed E-state index contributed by atoms with van der Waals surface area (Å²) in [5.74, 6) is 0. The van der Waals surface area contributed by atoms with Crippen molar-refractivity contribution in [3.8, 4) is 0 Å². The molecule has 0 amide bonds. The molecule has 0 aromatic heterocycles. The van der Waals surface area contributed by atoms with Gasteiger partial charge in [-0.2, -0.15) is 0 Å². The molecule has 0 aromatic carbocycles. The van der Waals surface area contributed by atoms with E-state index < -0.39 is 0 Å². The van der Waals surface area contributed by atoms with E-state index in [9.17, 15) is 0 Å². The highest BCUT2D eigenvalue weighted by atomic mass is 35.5. The Bertz CT molecular complexity index is 99.5. The normalized spacial score (nSPS) is 15.6. The van der Waals surface area contributed by atoms with Crippen molar-refractivity contribution in [3.05, 3.63) is 10.3 Å². The molecule has 2 nitrogen and oxygen atoms in total. The van der Waals surface area contributed by atoms with E-state index in [1.54, 1.807) is 0 Å². The van der Waals surface area contributed by atoms with Gasteiger partial charge in [-0.3, -0.25) is 0 Å². The maximum absolute atomic E-state index is 5.44. The van der Waals surface area contributed by atoms with Crippen molar-refractivity contribution in [2.24, 2.45) is 0 Å². The van der Waals surface area contributed by atoms with Crippen LogP contribution in [-0.4, -0.2) is 6.67 Å². The zero-order chi connectivity index (χ0) is 7.28. The Balaban J connectivity index is 0.000000291. The Hall–Kier alpha value is -0.0800. The van der Waals surface area contributed by atoms with Crippen molar-refractivity contribution in [1.29, 1.82) is 0 Å². The molecule has 1 rings (SSSR count). The van der Waals surface area contributed by atoms with Gasteiger partial charge in [-0.25, -0.2) is 0 Å². The summed E-state index contributed by atoms with van der Waals surface area (Å²) in [4.78, 5) is 0. The number of rotatable bonds is 0. The summed E-state index contributed by atoms with van der Waals surface area (Å²) in [7, 11) is 0. The molecule has 1 aliphatic rings. The number of hydrogen-bond donors (Lipinski definition) is 2. The molecule has 1 heterocycles. The highest BCUT2D eigenvalue weighted by molar-refractivity contribution is 6.38. The molecular formula is C5H10Cl2N2. The lowest BCUT2D eigenvalue weighted by atomic mass is 10.9. The second kappa shape index (κ2) is 4.77. The quantitative estimate of drug-likeness (QED) is 0.540. The lowest BCUT2D eigenvalue weighted by Crippen LogP contribution is -2.13. The second-order valence-electron chi connectivity index (χ2n) is 1.16. The lowest BCUT2D eigenvalue weighted by Gasteiger charge is -1.85. The van der Waals surface area contributed by atoms with Crippen LogP contribution < -0.4 is 10.6 Å². The minimum absolute atomic E-state index is 0.502. The van der Waals surface area contributed by atoms with E-state index >= 15 is 0 Å². The third kappa shape index (κ3) is 2.82. The molecule has 0 atom stereocenters. The van der Waals surface area contributed by atoms with Gasteiger partial charge in [0.1, 0.15) is 10.3 Å². The van der Waals surface area contributed by atoms with Crippen molar-refractivity contribution < 1.29 is 0 Å². The van der Waals surface area contributed by atoms with Crippen LogP contribution in [0.1, 0.15) is 13.8 Å². The Labute approximate surface area is 65.2 Å². The van der Waals surface area contributed by atoms with Crippen LogP contribution in [0.15, 0.2) is 10.3 Å². The van der Waals surface area contributed by atoms with Crippen molar-refractivity contribution >= 4 is 23.2 Å². The van der Waals surface area contributed by atoms with E-state index in [2.05, 4.69) is 10.6 Å². The summed E-state index contributed by atoms with van der Waals surface area (Å²) in [6.07, 6.45) is 0. The van der Waals surface area contributed by atoms with Gasteiger partial charge in [-0.15, -0.1) is 0 Å². The molecule has 0 fully saturated rings. The summed E-state index contributed by atoms with van der Waals surface area (Å²) >= 11 is 10.9. The molecule has 0 saturated heterocycles. The van der Waals surface area contributed by atoms with Gasteiger partial charge in [-0.1, -0.05) is 37.0 Å². The molecule has 0 radical (unpaired) electrons. The highest BCUT2D eigenvalue weighted by Gasteiger charge is 2.05. The first-order valence-corrected chi connectivity index (χ1v) is 3.59. The summed E-state index contributed by atoms with van der Waals surface area (Å²) in [5.41, 5.74) is 0. The Morgan fingerprint density at radius 3 is 1.56 bits per heavy atom. The van der Waals surface area contributed by atoms with Gasteiger partial charge in [0.15, 0.2) is 0 Å². The van der Waals surface area contributed by atoms with Crippen molar-refractivity contribution in [1.82, 2.24) is 10.6 Å². The van der Waals surface area contributed by atoms with Gasteiger partial charge >= 0.3 is 0 Å². The number of halogens is 2. The van der Waals surface area contributed by atoms with Gasteiger partial charge in [0.2, 0.25) is 0 Å². The molecule has 0 saturated carbocycles. The first-order valence-electron chi connectivity index (χ1n) is 2.84. The molecule has 0 unspecified atom stereocenters. The van der Waals surface area contributed by atoms with Gasteiger partial charge in [0.05, 0.1) is 6.67 Å². The Morgan fingerprint density at radius 2 is 1.44 bits per heavy atom. The van der Waals surface area contributed by atoms with Crippen molar-refractivity contribution in [3.63, 3.8) is 0 Å². The predicted molar refractivity (Wildman–Crippen MR) is 41.2 cm³/mol. The molecule has 4 heteroatoms. The summed E-state index contributed by atoms with van der Waals surface area (Å²) in [5, 5.41) is 6.55. The number of nitrogens with one attached hydrogen (secondary N) is 2. The molecule has 0 aliphatic carbocycles. The third-order valence-electron chi connectivity index (χ3n) is 0.680. The Kier molecular flexibility index (Phi) is 4.72. The van der Waals surface area contributed by atoms with Crippen molar-refractivity contribution in [2.45, 2.75) is 13.8 Å². The van der Waals surface area contributed by atoms with Gasteiger partial charge < -0.3 is 10.6 Å². The maximum Gasteiger partial charge on any atom is 0.139 e. The lowest BCUT2D eigenvalue weighted by molar-refractivity contribution is 0.824. The SMILES string of the molecule is CC.ClC1=C(Cl)NCN1. The topological polar surface area (TPSA) is 24.1 Å². The van der Waals surface area contributed by atoms with Crippen LogP contribution in [0.25, 0.3) is 0 Å². The van der Waals surface area contributed by atoms with Crippen LogP contribution in [-0.2, 0) is 0 Å². The summed E-state index contributed by atoms with van der Waals surface area (Å²) in [6, 6.07) is 0. The van der Waals surface area contributed by atoms with Crippen LogP contribution in [0.2, 0.25) is 0 Å². The molecule has 0 aromatic rings. The summed E-state index contributed by atoms with van der Waals surface area (Å²) in [6.45, 7) is 4.64. The highest BCUT2D eigenvalue weighted by Crippen LogP contribution is 2.10. The maximum atomic E-state index is 5.44. The summed E-state index contributed by atoms with van der Waals surface area (Å²) < 4.78 is 0. The van der Waals surface area contributed by atoms with E-state index in [1.165, 1.54) is 0 Å². The minimum atomic E-state index is 0.502. The molecule has 9 heavy (non-hydrogen) atoms. The van der Waals surface area contributed by atoms with Gasteiger partial charge in [-0.05, 0) is 0 Å². The van der Waals surface area contributed by atoms with Crippen molar-refractivity contribution in [2.75, 3.05) is 6.67 Å². The molecule has 54 valence electrons. The molecule has 1 aliphatic heterocycles. The first-order chi connectivity index (χ1) is 4.30.